The molecular weight excluding hydrogens is 364 g/mol. The highest BCUT2D eigenvalue weighted by Gasteiger charge is 2.16. The van der Waals surface area contributed by atoms with Gasteiger partial charge in [0.15, 0.2) is 6.61 Å². The van der Waals surface area contributed by atoms with Crippen molar-refractivity contribution < 1.29 is 18.3 Å². The van der Waals surface area contributed by atoms with E-state index in [-0.39, 0.29) is 12.3 Å². The Kier molecular flexibility index (Phi) is 6.20. The Morgan fingerprint density at radius 3 is 2.36 bits per heavy atom. The highest BCUT2D eigenvalue weighted by atomic mass is 32.2. The van der Waals surface area contributed by atoms with E-state index >= 15 is 0 Å². The van der Waals surface area contributed by atoms with Gasteiger partial charge in [0, 0.05) is 11.8 Å². The van der Waals surface area contributed by atoms with Gasteiger partial charge in [-0.2, -0.15) is 0 Å². The lowest BCUT2D eigenvalue weighted by Gasteiger charge is -2.21. The summed E-state index contributed by atoms with van der Waals surface area (Å²) in [5.74, 6) is 0.964. The van der Waals surface area contributed by atoms with E-state index in [9.17, 15) is 13.6 Å². The largest absolute Gasteiger partial charge is 0.484 e. The number of thioether (sulfide) groups is 2. The van der Waals surface area contributed by atoms with Crippen LogP contribution in [0.15, 0.2) is 42.5 Å². The quantitative estimate of drug-likeness (QED) is 0.803. The molecule has 3 rings (SSSR count). The zero-order valence-electron chi connectivity index (χ0n) is 13.3. The number of hydrogen-bond acceptors (Lipinski definition) is 4. The van der Waals surface area contributed by atoms with Gasteiger partial charge in [-0.3, -0.25) is 4.79 Å². The first-order valence-electron chi connectivity index (χ1n) is 7.82. The molecule has 3 nitrogen and oxygen atoms in total. The molecule has 25 heavy (non-hydrogen) atoms. The van der Waals surface area contributed by atoms with Crippen molar-refractivity contribution in [2.24, 2.45) is 0 Å². The van der Waals surface area contributed by atoms with Crippen molar-refractivity contribution in [2.45, 2.75) is 11.0 Å². The van der Waals surface area contributed by atoms with Crippen LogP contribution in [0.4, 0.5) is 14.5 Å². The molecule has 0 spiro atoms. The average molecular weight is 381 g/mol. The van der Waals surface area contributed by atoms with E-state index < -0.39 is 17.5 Å². The Bertz CT molecular complexity index is 714. The first-order valence-corrected chi connectivity index (χ1v) is 9.92. The third-order valence-electron chi connectivity index (χ3n) is 3.50. The molecule has 1 aliphatic heterocycles. The maximum Gasteiger partial charge on any atom is 0.262 e. The van der Waals surface area contributed by atoms with Crippen LogP contribution in [0.1, 0.15) is 16.6 Å². The summed E-state index contributed by atoms with van der Waals surface area (Å²) in [6.45, 7) is -0.232. The van der Waals surface area contributed by atoms with E-state index in [1.54, 1.807) is 0 Å². The van der Waals surface area contributed by atoms with Gasteiger partial charge in [-0.15, -0.1) is 23.5 Å². The summed E-state index contributed by atoms with van der Waals surface area (Å²) in [6, 6.07) is 10.5. The van der Waals surface area contributed by atoms with E-state index in [2.05, 4.69) is 5.32 Å². The number of amides is 1. The molecule has 2 aromatic rings. The van der Waals surface area contributed by atoms with Crippen molar-refractivity contribution >= 4 is 35.1 Å². The summed E-state index contributed by atoms with van der Waals surface area (Å²) in [6.07, 6.45) is 1.25. The zero-order valence-corrected chi connectivity index (χ0v) is 15.0. The minimum Gasteiger partial charge on any atom is -0.484 e. The molecule has 1 saturated heterocycles. The predicted molar refractivity (Wildman–Crippen MR) is 99.2 cm³/mol. The fourth-order valence-electron chi connectivity index (χ4n) is 2.37. The molecular formula is C18H17F2NO2S2. The number of rotatable bonds is 5. The molecule has 1 fully saturated rings. The number of ether oxygens (including phenoxy) is 1. The summed E-state index contributed by atoms with van der Waals surface area (Å²) in [4.78, 5) is 11.8. The molecule has 0 saturated carbocycles. The lowest BCUT2D eigenvalue weighted by Crippen LogP contribution is -2.20. The molecule has 7 heteroatoms. The number of nitrogens with one attached hydrogen (secondary N) is 1. The Labute approximate surface area is 153 Å². The van der Waals surface area contributed by atoms with Crippen LogP contribution >= 0.6 is 23.5 Å². The molecule has 1 aliphatic rings. The summed E-state index contributed by atoms with van der Waals surface area (Å²) >= 11 is 3.88. The lowest BCUT2D eigenvalue weighted by atomic mass is 10.2. The second-order valence-corrected chi connectivity index (χ2v) is 8.22. The van der Waals surface area contributed by atoms with Gasteiger partial charge in [0.2, 0.25) is 0 Å². The van der Waals surface area contributed by atoms with Gasteiger partial charge in [0.05, 0.1) is 4.58 Å². The maximum absolute atomic E-state index is 13.1. The van der Waals surface area contributed by atoms with Gasteiger partial charge < -0.3 is 10.1 Å². The highest BCUT2D eigenvalue weighted by Crippen LogP contribution is 2.43. The van der Waals surface area contributed by atoms with Crippen molar-refractivity contribution in [2.75, 3.05) is 23.4 Å². The average Bonchev–Trinajstić information content (AvgIpc) is 2.60. The van der Waals surface area contributed by atoms with Crippen LogP contribution in [0.3, 0.4) is 0 Å². The number of carbonyl (C=O) groups is 1. The second kappa shape index (κ2) is 8.58. The van der Waals surface area contributed by atoms with Crippen LogP contribution in [0.25, 0.3) is 0 Å². The van der Waals surface area contributed by atoms with E-state index in [1.807, 2.05) is 47.8 Å². The monoisotopic (exact) mass is 381 g/mol. The van der Waals surface area contributed by atoms with E-state index in [4.69, 9.17) is 4.74 Å². The highest BCUT2D eigenvalue weighted by molar-refractivity contribution is 8.16. The number of anilines is 1. The van der Waals surface area contributed by atoms with Crippen molar-refractivity contribution in [3.63, 3.8) is 0 Å². The van der Waals surface area contributed by atoms with Crippen molar-refractivity contribution in [3.8, 4) is 5.75 Å². The summed E-state index contributed by atoms with van der Waals surface area (Å²) in [5.41, 5.74) is 1.30. The molecule has 0 radical (unpaired) electrons. The fraction of sp³-hybridized carbons (Fsp3) is 0.278. The molecule has 1 amide bonds. The molecule has 0 atom stereocenters. The van der Waals surface area contributed by atoms with Gasteiger partial charge in [0.25, 0.3) is 5.91 Å². The van der Waals surface area contributed by atoms with Gasteiger partial charge in [-0.05, 0) is 47.8 Å². The van der Waals surface area contributed by atoms with Gasteiger partial charge in [0.1, 0.15) is 17.4 Å². The Morgan fingerprint density at radius 2 is 1.72 bits per heavy atom. The summed E-state index contributed by atoms with van der Waals surface area (Å²) in [5, 5.41) is 2.41. The minimum absolute atomic E-state index is 0.0628. The molecule has 1 heterocycles. The van der Waals surface area contributed by atoms with E-state index in [0.29, 0.717) is 10.3 Å². The Morgan fingerprint density at radius 1 is 1.08 bits per heavy atom. The van der Waals surface area contributed by atoms with Gasteiger partial charge in [-0.25, -0.2) is 8.78 Å². The number of benzene rings is 2. The van der Waals surface area contributed by atoms with Crippen LogP contribution < -0.4 is 10.1 Å². The summed E-state index contributed by atoms with van der Waals surface area (Å²) < 4.78 is 32.1. The molecule has 0 aromatic heterocycles. The minimum atomic E-state index is -0.745. The maximum atomic E-state index is 13.1. The van der Waals surface area contributed by atoms with Crippen LogP contribution in [0.5, 0.6) is 5.75 Å². The Balaban J connectivity index is 1.51. The SMILES string of the molecule is O=C(COc1ccc(C2SCCCS2)cc1)Nc1cc(F)cc(F)c1. The van der Waals surface area contributed by atoms with Crippen molar-refractivity contribution in [3.05, 3.63) is 59.7 Å². The molecule has 132 valence electrons. The smallest absolute Gasteiger partial charge is 0.262 e. The van der Waals surface area contributed by atoms with Crippen LogP contribution in [-0.4, -0.2) is 24.0 Å². The van der Waals surface area contributed by atoms with Crippen molar-refractivity contribution in [1.82, 2.24) is 0 Å². The number of hydrogen-bond donors (Lipinski definition) is 1. The predicted octanol–water partition coefficient (Wildman–Crippen LogP) is 4.85. The van der Waals surface area contributed by atoms with Crippen LogP contribution in [-0.2, 0) is 4.79 Å². The third kappa shape index (κ3) is 5.37. The fourth-order valence-corrected chi connectivity index (χ4v) is 5.27. The second-order valence-electron chi connectivity index (χ2n) is 5.49. The third-order valence-corrected chi connectivity index (χ3v) is 6.51. The lowest BCUT2D eigenvalue weighted by molar-refractivity contribution is -0.118. The topological polar surface area (TPSA) is 38.3 Å². The zero-order chi connectivity index (χ0) is 17.6. The standard InChI is InChI=1S/C18H17F2NO2S2/c19-13-8-14(20)10-15(9-13)21-17(22)11-23-16-4-2-12(3-5-16)18-24-6-1-7-25-18/h2-5,8-10,18H,1,6-7,11H2,(H,21,22). The van der Waals surface area contributed by atoms with Crippen LogP contribution in [0, 0.1) is 11.6 Å². The Hall–Kier alpha value is -1.73. The van der Waals surface area contributed by atoms with Crippen LogP contribution in [0.2, 0.25) is 0 Å². The van der Waals surface area contributed by atoms with Crippen molar-refractivity contribution in [1.29, 1.82) is 0 Å². The van der Waals surface area contributed by atoms with Gasteiger partial charge >= 0.3 is 0 Å². The molecule has 0 unspecified atom stereocenters. The van der Waals surface area contributed by atoms with E-state index in [1.165, 1.54) is 23.5 Å². The number of carbonyl (C=O) groups excluding carboxylic acids is 1. The number of halogens is 2. The first-order chi connectivity index (χ1) is 12.1. The summed E-state index contributed by atoms with van der Waals surface area (Å²) in [7, 11) is 0. The molecule has 1 N–H and O–H groups in total. The molecule has 0 aliphatic carbocycles. The van der Waals surface area contributed by atoms with E-state index in [0.717, 1.165) is 18.2 Å². The normalized spacial score (nSPS) is 15.0. The molecule has 2 aromatic carbocycles. The molecule has 0 bridgehead atoms. The first kappa shape index (κ1) is 18.1. The van der Waals surface area contributed by atoms with Gasteiger partial charge in [-0.1, -0.05) is 12.1 Å².